The summed E-state index contributed by atoms with van der Waals surface area (Å²) in [6, 6.07) is 13.6. The molecule has 0 radical (unpaired) electrons. The third-order valence-corrected chi connectivity index (χ3v) is 4.10. The summed E-state index contributed by atoms with van der Waals surface area (Å²) < 4.78 is 22.9. The highest BCUT2D eigenvalue weighted by Gasteiger charge is 2.11. The van der Waals surface area contributed by atoms with Crippen LogP contribution in [0.25, 0.3) is 0 Å². The van der Waals surface area contributed by atoms with Crippen molar-refractivity contribution in [1.29, 1.82) is 0 Å². The summed E-state index contributed by atoms with van der Waals surface area (Å²) in [7, 11) is -3.18. The Morgan fingerprint density at radius 1 is 1.13 bits per heavy atom. The molecule has 0 heterocycles. The number of sulfone groups is 1. The van der Waals surface area contributed by atoms with Crippen LogP contribution in [0.5, 0.6) is 0 Å². The molecule has 0 aromatic heterocycles. The topological polar surface area (TPSA) is 75.3 Å². The van der Waals surface area contributed by atoms with Crippen molar-refractivity contribution in [3.05, 3.63) is 64.7 Å². The quantitative estimate of drug-likeness (QED) is 0.867. The Hall–Kier alpha value is -2.05. The molecule has 0 spiro atoms. The van der Waals surface area contributed by atoms with Crippen LogP contribution in [-0.2, 0) is 22.1 Å². The summed E-state index contributed by atoms with van der Waals surface area (Å²) >= 11 is 5.89. The Balaban J connectivity index is 2.00. The molecule has 23 heavy (non-hydrogen) atoms. The van der Waals surface area contributed by atoms with E-state index in [0.29, 0.717) is 22.8 Å². The summed E-state index contributed by atoms with van der Waals surface area (Å²) in [6.45, 7) is 0.320. The highest BCUT2D eigenvalue weighted by atomic mass is 35.5. The summed E-state index contributed by atoms with van der Waals surface area (Å²) in [4.78, 5) is 12.0. The van der Waals surface area contributed by atoms with Gasteiger partial charge in [0.1, 0.15) is 0 Å². The highest BCUT2D eigenvalue weighted by molar-refractivity contribution is 7.89. The van der Waals surface area contributed by atoms with Crippen molar-refractivity contribution in [2.75, 3.05) is 11.6 Å². The molecule has 2 rings (SSSR count). The molecule has 122 valence electrons. The van der Waals surface area contributed by atoms with Gasteiger partial charge in [0.25, 0.3) is 0 Å². The first-order valence-corrected chi connectivity index (χ1v) is 9.32. The fraction of sp³-hybridized carbons (Fsp3) is 0.188. The molecule has 5 nitrogen and oxygen atoms in total. The molecule has 7 heteroatoms. The zero-order valence-corrected chi connectivity index (χ0v) is 14.1. The van der Waals surface area contributed by atoms with Crippen molar-refractivity contribution < 1.29 is 13.2 Å². The summed E-state index contributed by atoms with van der Waals surface area (Å²) in [5.74, 6) is -0.127. The van der Waals surface area contributed by atoms with Crippen molar-refractivity contribution in [1.82, 2.24) is 5.32 Å². The van der Waals surface area contributed by atoms with Gasteiger partial charge in [0.05, 0.1) is 5.75 Å². The average Bonchev–Trinajstić information content (AvgIpc) is 2.46. The number of benzene rings is 2. The van der Waals surface area contributed by atoms with Gasteiger partial charge in [-0.2, -0.15) is 0 Å². The Morgan fingerprint density at radius 3 is 2.57 bits per heavy atom. The maximum absolute atomic E-state index is 12.0. The first-order valence-electron chi connectivity index (χ1n) is 6.88. The van der Waals surface area contributed by atoms with Crippen LogP contribution >= 0.6 is 11.6 Å². The molecule has 0 bridgehead atoms. The molecule has 2 N–H and O–H groups in total. The fourth-order valence-corrected chi connectivity index (χ4v) is 3.08. The lowest BCUT2D eigenvalue weighted by molar-refractivity contribution is 0.251. The maximum atomic E-state index is 12.0. The first kappa shape index (κ1) is 17.3. The second-order valence-corrected chi connectivity index (χ2v) is 7.74. The number of amides is 2. The monoisotopic (exact) mass is 352 g/mol. The molecule has 0 aliphatic rings. The third kappa shape index (κ3) is 5.92. The van der Waals surface area contributed by atoms with Gasteiger partial charge in [-0.3, -0.25) is 0 Å². The van der Waals surface area contributed by atoms with Crippen LogP contribution in [-0.4, -0.2) is 20.7 Å². The molecule has 2 aromatic carbocycles. The Labute approximate surface area is 140 Å². The van der Waals surface area contributed by atoms with E-state index in [2.05, 4.69) is 10.6 Å². The van der Waals surface area contributed by atoms with Crippen LogP contribution in [0.2, 0.25) is 5.02 Å². The number of urea groups is 1. The number of nitrogens with one attached hydrogen (secondary N) is 2. The van der Waals surface area contributed by atoms with E-state index in [0.717, 1.165) is 11.8 Å². The van der Waals surface area contributed by atoms with E-state index in [-0.39, 0.29) is 5.75 Å². The summed E-state index contributed by atoms with van der Waals surface area (Å²) in [5.41, 5.74) is 1.89. The van der Waals surface area contributed by atoms with Gasteiger partial charge in [0.15, 0.2) is 9.84 Å². The first-order chi connectivity index (χ1) is 10.8. The van der Waals surface area contributed by atoms with Crippen LogP contribution in [0.4, 0.5) is 10.5 Å². The third-order valence-electron chi connectivity index (χ3n) is 3.03. The van der Waals surface area contributed by atoms with Crippen LogP contribution < -0.4 is 10.6 Å². The van der Waals surface area contributed by atoms with Gasteiger partial charge < -0.3 is 10.6 Å². The zero-order valence-electron chi connectivity index (χ0n) is 12.5. The van der Waals surface area contributed by atoms with Crippen LogP contribution in [0, 0.1) is 0 Å². The average molecular weight is 353 g/mol. The van der Waals surface area contributed by atoms with Crippen LogP contribution in [0.3, 0.4) is 0 Å². The number of carbonyl (C=O) groups is 1. The van der Waals surface area contributed by atoms with Gasteiger partial charge in [-0.05, 0) is 29.3 Å². The smallest absolute Gasteiger partial charge is 0.319 e. The maximum Gasteiger partial charge on any atom is 0.319 e. The van der Waals surface area contributed by atoms with Gasteiger partial charge in [0.2, 0.25) is 0 Å². The van der Waals surface area contributed by atoms with Crippen LogP contribution in [0.15, 0.2) is 48.5 Å². The molecule has 2 aromatic rings. The minimum absolute atomic E-state index is 0.127. The lowest BCUT2D eigenvalue weighted by atomic mass is 10.2. The Kier molecular flexibility index (Phi) is 5.63. The summed E-state index contributed by atoms with van der Waals surface area (Å²) in [5, 5.41) is 5.98. The largest absolute Gasteiger partial charge is 0.334 e. The normalized spacial score (nSPS) is 11.0. The van der Waals surface area contributed by atoms with Gasteiger partial charge >= 0.3 is 6.03 Å². The lowest BCUT2D eigenvalue weighted by Gasteiger charge is -2.11. The number of carbonyl (C=O) groups excluding carboxylic acids is 1. The molecule has 0 saturated carbocycles. The van der Waals surface area contributed by atoms with Gasteiger partial charge in [-0.15, -0.1) is 0 Å². The fourth-order valence-electron chi connectivity index (χ4n) is 2.05. The number of para-hydroxylation sites is 1. The predicted octanol–water partition coefficient (Wildman–Crippen LogP) is 3.21. The predicted molar refractivity (Wildman–Crippen MR) is 92.3 cm³/mol. The van der Waals surface area contributed by atoms with Crippen molar-refractivity contribution in [3.8, 4) is 0 Å². The van der Waals surface area contributed by atoms with E-state index in [1.165, 1.54) is 0 Å². The van der Waals surface area contributed by atoms with Crippen LogP contribution in [0.1, 0.15) is 11.1 Å². The number of hydrogen-bond acceptors (Lipinski definition) is 3. The molecule has 0 aliphatic carbocycles. The molecule has 0 atom stereocenters. The number of hydrogen-bond donors (Lipinski definition) is 2. The van der Waals surface area contributed by atoms with E-state index in [9.17, 15) is 13.2 Å². The van der Waals surface area contributed by atoms with E-state index in [4.69, 9.17) is 11.6 Å². The Morgan fingerprint density at radius 2 is 1.87 bits per heavy atom. The molecular formula is C16H17ClN2O3S. The summed E-state index contributed by atoms with van der Waals surface area (Å²) in [6.07, 6.45) is 1.16. The van der Waals surface area contributed by atoms with E-state index < -0.39 is 15.9 Å². The van der Waals surface area contributed by atoms with Gasteiger partial charge in [0, 0.05) is 23.5 Å². The minimum atomic E-state index is -3.18. The standard InChI is InChI=1S/C16H17ClN2O3S/c1-23(21,22)11-13-6-2-3-8-15(13)19-16(20)18-10-12-5-4-7-14(17)9-12/h2-9H,10-11H2,1H3,(H2,18,19,20). The van der Waals surface area contributed by atoms with Gasteiger partial charge in [-0.25, -0.2) is 13.2 Å². The van der Waals surface area contributed by atoms with E-state index in [1.54, 1.807) is 42.5 Å². The minimum Gasteiger partial charge on any atom is -0.334 e. The second kappa shape index (κ2) is 7.48. The molecule has 0 aliphatic heterocycles. The van der Waals surface area contributed by atoms with Crippen molar-refractivity contribution >= 4 is 33.2 Å². The van der Waals surface area contributed by atoms with Gasteiger partial charge in [-0.1, -0.05) is 41.9 Å². The van der Waals surface area contributed by atoms with Crippen molar-refractivity contribution in [3.63, 3.8) is 0 Å². The van der Waals surface area contributed by atoms with E-state index in [1.807, 2.05) is 6.07 Å². The lowest BCUT2D eigenvalue weighted by Crippen LogP contribution is -2.28. The zero-order chi connectivity index (χ0) is 16.9. The number of halogens is 1. The SMILES string of the molecule is CS(=O)(=O)Cc1ccccc1NC(=O)NCc1cccc(Cl)c1. The van der Waals surface area contributed by atoms with Crippen molar-refractivity contribution in [2.24, 2.45) is 0 Å². The highest BCUT2D eigenvalue weighted by Crippen LogP contribution is 2.17. The Bertz CT molecular complexity index is 806. The second-order valence-electron chi connectivity index (χ2n) is 5.16. The van der Waals surface area contributed by atoms with E-state index >= 15 is 0 Å². The molecule has 0 fully saturated rings. The molecular weight excluding hydrogens is 336 g/mol. The van der Waals surface area contributed by atoms with Crippen molar-refractivity contribution in [2.45, 2.75) is 12.3 Å². The number of anilines is 1. The molecule has 0 saturated heterocycles. The molecule has 2 amide bonds. The number of rotatable bonds is 5. The molecule has 0 unspecified atom stereocenters.